The van der Waals surface area contributed by atoms with Gasteiger partial charge in [0.2, 0.25) is 10.0 Å². The predicted molar refractivity (Wildman–Crippen MR) is 85.8 cm³/mol. The number of halogens is 1. The molecule has 0 bridgehead atoms. The van der Waals surface area contributed by atoms with E-state index < -0.39 is 10.0 Å². The molecule has 2 aliphatic rings. The van der Waals surface area contributed by atoms with Crippen molar-refractivity contribution in [2.75, 3.05) is 6.54 Å². The highest BCUT2D eigenvalue weighted by atomic mass is 35.5. The standard InChI is InChI=1S/C15H21ClN2O3S/c1-9-5-11-6-12(7-13(16)15(11)21-9)22(19,20)18-14-4-2-3-10(14)8-17/h6-7,9-10,14,18H,2-5,8,17H2,1H3. The summed E-state index contributed by atoms with van der Waals surface area (Å²) in [7, 11) is -3.59. The maximum absolute atomic E-state index is 12.6. The Morgan fingerprint density at radius 1 is 1.41 bits per heavy atom. The van der Waals surface area contributed by atoms with Crippen LogP contribution in [0.5, 0.6) is 5.75 Å². The van der Waals surface area contributed by atoms with E-state index in [0.717, 1.165) is 24.8 Å². The summed E-state index contributed by atoms with van der Waals surface area (Å²) in [6.45, 7) is 2.44. The van der Waals surface area contributed by atoms with E-state index >= 15 is 0 Å². The highest BCUT2D eigenvalue weighted by Crippen LogP contribution is 2.38. The molecule has 22 heavy (non-hydrogen) atoms. The number of fused-ring (bicyclic) bond motifs is 1. The lowest BCUT2D eigenvalue weighted by Crippen LogP contribution is -2.39. The topological polar surface area (TPSA) is 81.4 Å². The minimum atomic E-state index is -3.59. The zero-order chi connectivity index (χ0) is 15.9. The summed E-state index contributed by atoms with van der Waals surface area (Å²) in [4.78, 5) is 0.205. The molecular formula is C15H21ClN2O3S. The van der Waals surface area contributed by atoms with E-state index in [9.17, 15) is 8.42 Å². The van der Waals surface area contributed by atoms with Crippen LogP contribution in [0.2, 0.25) is 5.02 Å². The van der Waals surface area contributed by atoms with Crippen LogP contribution in [-0.4, -0.2) is 27.1 Å². The average molecular weight is 345 g/mol. The molecule has 1 aliphatic carbocycles. The van der Waals surface area contributed by atoms with Crippen molar-refractivity contribution in [3.05, 3.63) is 22.7 Å². The van der Waals surface area contributed by atoms with Crippen molar-refractivity contribution in [3.8, 4) is 5.75 Å². The highest BCUT2D eigenvalue weighted by molar-refractivity contribution is 7.89. The van der Waals surface area contributed by atoms with Gasteiger partial charge in [0.1, 0.15) is 11.9 Å². The molecule has 0 aromatic heterocycles. The molecular weight excluding hydrogens is 324 g/mol. The molecule has 1 aliphatic heterocycles. The van der Waals surface area contributed by atoms with Crippen molar-refractivity contribution in [3.63, 3.8) is 0 Å². The van der Waals surface area contributed by atoms with Crippen LogP contribution in [0.25, 0.3) is 0 Å². The third-order valence-electron chi connectivity index (χ3n) is 4.50. The third-order valence-corrected chi connectivity index (χ3v) is 6.25. The van der Waals surface area contributed by atoms with Crippen molar-refractivity contribution >= 4 is 21.6 Å². The molecule has 1 aromatic carbocycles. The fourth-order valence-corrected chi connectivity index (χ4v) is 5.12. The van der Waals surface area contributed by atoms with Gasteiger partial charge in [-0.1, -0.05) is 18.0 Å². The summed E-state index contributed by atoms with van der Waals surface area (Å²) >= 11 is 6.18. The van der Waals surface area contributed by atoms with Crippen LogP contribution in [0.1, 0.15) is 31.7 Å². The van der Waals surface area contributed by atoms with Crippen LogP contribution in [-0.2, 0) is 16.4 Å². The van der Waals surface area contributed by atoms with Crippen LogP contribution in [0, 0.1) is 5.92 Å². The molecule has 5 nitrogen and oxygen atoms in total. The largest absolute Gasteiger partial charge is 0.489 e. The van der Waals surface area contributed by atoms with Gasteiger partial charge >= 0.3 is 0 Å². The number of rotatable bonds is 4. The SMILES string of the molecule is CC1Cc2cc(S(=O)(=O)NC3CCCC3CN)cc(Cl)c2O1. The number of hydrogen-bond acceptors (Lipinski definition) is 4. The number of sulfonamides is 1. The van der Waals surface area contributed by atoms with Gasteiger partial charge in [0.15, 0.2) is 0 Å². The van der Waals surface area contributed by atoms with Crippen molar-refractivity contribution in [1.82, 2.24) is 4.72 Å². The lowest BCUT2D eigenvalue weighted by atomic mass is 10.1. The number of hydrogen-bond donors (Lipinski definition) is 2. The van der Waals surface area contributed by atoms with Crippen molar-refractivity contribution < 1.29 is 13.2 Å². The van der Waals surface area contributed by atoms with Crippen molar-refractivity contribution in [2.45, 2.75) is 49.6 Å². The Labute approximate surface area is 136 Å². The number of nitrogens with one attached hydrogen (secondary N) is 1. The van der Waals surface area contributed by atoms with Crippen LogP contribution in [0.3, 0.4) is 0 Å². The predicted octanol–water partition coefficient (Wildman–Crippen LogP) is 2.07. The van der Waals surface area contributed by atoms with Gasteiger partial charge in [0.05, 0.1) is 9.92 Å². The second-order valence-corrected chi connectivity index (χ2v) is 8.30. The molecule has 3 N–H and O–H groups in total. The summed E-state index contributed by atoms with van der Waals surface area (Å²) in [5, 5.41) is 0.351. The summed E-state index contributed by atoms with van der Waals surface area (Å²) in [5.74, 6) is 0.817. The van der Waals surface area contributed by atoms with Crippen molar-refractivity contribution in [1.29, 1.82) is 0 Å². The van der Waals surface area contributed by atoms with Crippen LogP contribution < -0.4 is 15.2 Å². The minimum Gasteiger partial charge on any atom is -0.489 e. The molecule has 1 heterocycles. The Bertz CT molecular complexity index is 678. The monoisotopic (exact) mass is 344 g/mol. The molecule has 0 saturated heterocycles. The van der Waals surface area contributed by atoms with E-state index in [1.54, 1.807) is 6.07 Å². The lowest BCUT2D eigenvalue weighted by Gasteiger charge is -2.19. The van der Waals surface area contributed by atoms with E-state index in [1.807, 2.05) is 6.92 Å². The lowest BCUT2D eigenvalue weighted by molar-refractivity contribution is 0.255. The molecule has 122 valence electrons. The van der Waals surface area contributed by atoms with Crippen LogP contribution in [0.4, 0.5) is 0 Å². The third kappa shape index (κ3) is 2.97. The Morgan fingerprint density at radius 2 is 2.18 bits per heavy atom. The van der Waals surface area contributed by atoms with Gasteiger partial charge in [-0.2, -0.15) is 0 Å². The molecule has 1 saturated carbocycles. The number of ether oxygens (including phenoxy) is 1. The fraction of sp³-hybridized carbons (Fsp3) is 0.600. The molecule has 0 amide bonds. The second-order valence-electron chi connectivity index (χ2n) is 6.18. The summed E-state index contributed by atoms with van der Waals surface area (Å²) in [6, 6.07) is 3.05. The normalized spacial score (nSPS) is 27.7. The summed E-state index contributed by atoms with van der Waals surface area (Å²) in [5.41, 5.74) is 6.57. The summed E-state index contributed by atoms with van der Waals surface area (Å²) in [6.07, 6.45) is 3.51. The maximum atomic E-state index is 12.6. The molecule has 0 radical (unpaired) electrons. The molecule has 1 fully saturated rings. The summed E-state index contributed by atoms with van der Waals surface area (Å²) < 4.78 is 33.7. The first kappa shape index (κ1) is 16.1. The van der Waals surface area contributed by atoms with Gasteiger partial charge in [0, 0.05) is 18.0 Å². The smallest absolute Gasteiger partial charge is 0.240 e. The van der Waals surface area contributed by atoms with Crippen LogP contribution in [0.15, 0.2) is 17.0 Å². The molecule has 3 rings (SSSR count). The van der Waals surface area contributed by atoms with E-state index in [1.165, 1.54) is 6.07 Å². The minimum absolute atomic E-state index is 0.0230. The van der Waals surface area contributed by atoms with Gasteiger partial charge in [-0.05, 0) is 44.4 Å². The van der Waals surface area contributed by atoms with Gasteiger partial charge in [0.25, 0.3) is 0 Å². The van der Waals surface area contributed by atoms with Crippen molar-refractivity contribution in [2.24, 2.45) is 11.7 Å². The molecule has 1 aromatic rings. The first-order chi connectivity index (χ1) is 10.4. The van der Waals surface area contributed by atoms with Crippen LogP contribution >= 0.6 is 11.6 Å². The number of benzene rings is 1. The van der Waals surface area contributed by atoms with E-state index in [-0.39, 0.29) is 23.0 Å². The molecule has 7 heteroatoms. The van der Waals surface area contributed by atoms with Gasteiger partial charge < -0.3 is 10.5 Å². The Balaban J connectivity index is 1.87. The zero-order valence-electron chi connectivity index (χ0n) is 12.5. The maximum Gasteiger partial charge on any atom is 0.240 e. The quantitative estimate of drug-likeness (QED) is 0.876. The first-order valence-corrected chi connectivity index (χ1v) is 9.48. The van der Waals surface area contributed by atoms with E-state index in [2.05, 4.69) is 4.72 Å². The van der Waals surface area contributed by atoms with E-state index in [4.69, 9.17) is 22.1 Å². The van der Waals surface area contributed by atoms with Gasteiger partial charge in [-0.25, -0.2) is 13.1 Å². The molecule has 0 spiro atoms. The first-order valence-electron chi connectivity index (χ1n) is 7.62. The Morgan fingerprint density at radius 3 is 2.91 bits per heavy atom. The molecule has 3 unspecified atom stereocenters. The number of nitrogens with two attached hydrogens (primary N) is 1. The van der Waals surface area contributed by atoms with Gasteiger partial charge in [-0.3, -0.25) is 0 Å². The zero-order valence-corrected chi connectivity index (χ0v) is 14.1. The average Bonchev–Trinajstić information content (AvgIpc) is 3.03. The highest BCUT2D eigenvalue weighted by Gasteiger charge is 2.32. The fourth-order valence-electron chi connectivity index (χ4n) is 3.36. The van der Waals surface area contributed by atoms with Gasteiger partial charge in [-0.15, -0.1) is 0 Å². The Kier molecular flexibility index (Phi) is 4.38. The Hall–Kier alpha value is -0.820. The molecule has 3 atom stereocenters. The van der Waals surface area contributed by atoms with E-state index in [0.29, 0.717) is 23.7 Å². The second kappa shape index (κ2) is 6.00.